The highest BCUT2D eigenvalue weighted by atomic mass is 35.5. The van der Waals surface area contributed by atoms with Gasteiger partial charge in [-0.2, -0.15) is 0 Å². The average Bonchev–Trinajstić information content (AvgIpc) is 3.22. The predicted octanol–water partition coefficient (Wildman–Crippen LogP) is 0.343. The third kappa shape index (κ3) is 5.75. The predicted molar refractivity (Wildman–Crippen MR) is 114 cm³/mol. The molecule has 3 aliphatic heterocycles. The number of carbonyl (C=O) groups is 2. The monoisotopic (exact) mass is 472 g/mol. The Morgan fingerprint density at radius 1 is 1.19 bits per heavy atom. The molecule has 0 radical (unpaired) electrons. The van der Waals surface area contributed by atoms with Crippen molar-refractivity contribution in [3.8, 4) is 0 Å². The summed E-state index contributed by atoms with van der Waals surface area (Å²) in [6.45, 7) is 3.40. The summed E-state index contributed by atoms with van der Waals surface area (Å²) in [5.41, 5.74) is 5.23. The third-order valence-electron chi connectivity index (χ3n) is 5.71. The van der Waals surface area contributed by atoms with Gasteiger partial charge in [-0.3, -0.25) is 15.0 Å². The van der Waals surface area contributed by atoms with Gasteiger partial charge in [-0.05, 0) is 12.8 Å². The number of hydrazine groups is 1. The van der Waals surface area contributed by atoms with Gasteiger partial charge in [0, 0.05) is 32.7 Å². The van der Waals surface area contributed by atoms with E-state index in [9.17, 15) is 9.59 Å². The van der Waals surface area contributed by atoms with Crippen molar-refractivity contribution in [2.24, 2.45) is 0 Å². The summed E-state index contributed by atoms with van der Waals surface area (Å²) in [7, 11) is 0. The number of ether oxygens (including phenoxy) is 2. The molecule has 0 aromatic carbocycles. The molecule has 1 aromatic heterocycles. The second-order valence-corrected chi connectivity index (χ2v) is 8.78. The smallest absolute Gasteiger partial charge is 0.254 e. The molecule has 170 valence electrons. The number of nitrogens with one attached hydrogen (secondary N) is 2. The van der Waals surface area contributed by atoms with Crippen molar-refractivity contribution in [3.63, 3.8) is 0 Å². The Hall–Kier alpha value is -1.72. The van der Waals surface area contributed by atoms with Crippen LogP contribution in [0.3, 0.4) is 0 Å². The van der Waals surface area contributed by atoms with Crippen LogP contribution in [-0.2, 0) is 19.1 Å². The van der Waals surface area contributed by atoms with E-state index in [-0.39, 0.29) is 24.0 Å². The lowest BCUT2D eigenvalue weighted by Gasteiger charge is -2.35. The highest BCUT2D eigenvalue weighted by Crippen LogP contribution is 2.24. The minimum Gasteiger partial charge on any atom is -0.372 e. The van der Waals surface area contributed by atoms with E-state index in [1.54, 1.807) is 12.4 Å². The summed E-state index contributed by atoms with van der Waals surface area (Å²) in [6, 6.07) is 0. The van der Waals surface area contributed by atoms with Gasteiger partial charge < -0.3 is 19.3 Å². The van der Waals surface area contributed by atoms with Gasteiger partial charge in [0.05, 0.1) is 48.8 Å². The van der Waals surface area contributed by atoms with Gasteiger partial charge in [0.1, 0.15) is 5.38 Å². The Labute approximate surface area is 190 Å². The first-order chi connectivity index (χ1) is 15.0. The zero-order valence-electron chi connectivity index (χ0n) is 17.0. The largest absolute Gasteiger partial charge is 0.372 e. The van der Waals surface area contributed by atoms with Gasteiger partial charge in [-0.25, -0.2) is 15.4 Å². The van der Waals surface area contributed by atoms with Crippen molar-refractivity contribution in [2.45, 2.75) is 43.0 Å². The lowest BCUT2D eigenvalue weighted by atomic mass is 10.1. The van der Waals surface area contributed by atoms with E-state index in [1.807, 2.05) is 9.80 Å². The number of nitrogens with zero attached hydrogens (tertiary/aromatic N) is 4. The van der Waals surface area contributed by atoms with E-state index < -0.39 is 11.5 Å². The molecule has 0 bridgehead atoms. The number of anilines is 1. The zero-order valence-corrected chi connectivity index (χ0v) is 18.5. The molecule has 2 amide bonds. The number of aromatic nitrogens is 2. The fourth-order valence-corrected chi connectivity index (χ4v) is 4.27. The van der Waals surface area contributed by atoms with Gasteiger partial charge in [0.25, 0.3) is 5.91 Å². The molecular weight excluding hydrogens is 447 g/mol. The summed E-state index contributed by atoms with van der Waals surface area (Å²) in [4.78, 5) is 36.7. The molecule has 0 aliphatic carbocycles. The Balaban J connectivity index is 1.17. The highest BCUT2D eigenvalue weighted by Gasteiger charge is 2.34. The van der Waals surface area contributed by atoms with E-state index in [0.717, 1.165) is 12.8 Å². The lowest BCUT2D eigenvalue weighted by Crippen LogP contribution is -2.57. The summed E-state index contributed by atoms with van der Waals surface area (Å²) in [5.74, 6) is 0.428. The fraction of sp³-hybridized carbons (Fsp3) is 0.684. The number of carbonyl (C=O) groups excluding carboxylic acids is 2. The minimum absolute atomic E-state index is 0.0921. The summed E-state index contributed by atoms with van der Waals surface area (Å²) in [6.07, 6.45) is 4.53. The first-order valence-corrected chi connectivity index (χ1v) is 11.2. The molecule has 4 heterocycles. The van der Waals surface area contributed by atoms with Gasteiger partial charge >= 0.3 is 0 Å². The quantitative estimate of drug-likeness (QED) is 0.570. The van der Waals surface area contributed by atoms with Crippen molar-refractivity contribution < 1.29 is 19.1 Å². The van der Waals surface area contributed by atoms with E-state index in [1.165, 1.54) is 0 Å². The first-order valence-electron chi connectivity index (χ1n) is 10.4. The van der Waals surface area contributed by atoms with E-state index >= 15 is 0 Å². The topological polar surface area (TPSA) is 109 Å². The Kier molecular flexibility index (Phi) is 7.44. The van der Waals surface area contributed by atoms with Crippen LogP contribution >= 0.6 is 23.2 Å². The van der Waals surface area contributed by atoms with Gasteiger partial charge in [-0.15, -0.1) is 11.6 Å². The van der Waals surface area contributed by atoms with Crippen LogP contribution in [0.4, 0.5) is 5.95 Å². The molecule has 3 aliphatic rings. The minimum atomic E-state index is -0.725. The number of hydrogen-bond donors (Lipinski definition) is 2. The van der Waals surface area contributed by atoms with Crippen molar-refractivity contribution in [2.75, 3.05) is 44.2 Å². The van der Waals surface area contributed by atoms with Gasteiger partial charge in [0.15, 0.2) is 0 Å². The van der Waals surface area contributed by atoms with Crippen LogP contribution in [0.15, 0.2) is 12.4 Å². The molecule has 3 saturated heterocycles. The third-order valence-corrected chi connectivity index (χ3v) is 6.38. The molecule has 4 atom stereocenters. The molecule has 0 spiro atoms. The molecule has 12 heteroatoms. The average molecular weight is 473 g/mol. The molecule has 10 nitrogen and oxygen atoms in total. The van der Waals surface area contributed by atoms with E-state index in [4.69, 9.17) is 32.7 Å². The fourth-order valence-electron chi connectivity index (χ4n) is 3.96. The SMILES string of the molecule is O=C1NNCC(OC[C@@H]2CC[C@H](CC(=O)N3CCN(c4ncc(Cl)cn4)CC3)O2)C1Cl. The molecule has 31 heavy (non-hydrogen) atoms. The molecule has 0 saturated carbocycles. The molecule has 3 fully saturated rings. The Bertz CT molecular complexity index is 777. The number of piperazine rings is 1. The Morgan fingerprint density at radius 3 is 2.65 bits per heavy atom. The maximum Gasteiger partial charge on any atom is 0.254 e. The molecule has 2 unspecified atom stereocenters. The number of rotatable bonds is 6. The normalized spacial score (nSPS) is 29.2. The van der Waals surface area contributed by atoms with Crippen molar-refractivity contribution in [1.82, 2.24) is 25.7 Å². The molecular formula is C19H26Cl2N6O4. The first kappa shape index (κ1) is 22.5. The highest BCUT2D eigenvalue weighted by molar-refractivity contribution is 6.31. The second-order valence-electron chi connectivity index (χ2n) is 7.87. The van der Waals surface area contributed by atoms with Crippen LogP contribution in [0.25, 0.3) is 0 Å². The summed E-state index contributed by atoms with van der Waals surface area (Å²) < 4.78 is 11.8. The molecule has 1 aromatic rings. The van der Waals surface area contributed by atoms with Crippen molar-refractivity contribution >= 4 is 41.0 Å². The maximum absolute atomic E-state index is 12.7. The number of hydrogen-bond acceptors (Lipinski definition) is 8. The van der Waals surface area contributed by atoms with E-state index in [2.05, 4.69) is 20.8 Å². The van der Waals surface area contributed by atoms with Crippen LogP contribution in [0, 0.1) is 0 Å². The van der Waals surface area contributed by atoms with Crippen LogP contribution in [0.5, 0.6) is 0 Å². The Morgan fingerprint density at radius 2 is 1.90 bits per heavy atom. The van der Waals surface area contributed by atoms with Crippen LogP contribution in [0.1, 0.15) is 19.3 Å². The van der Waals surface area contributed by atoms with Crippen LogP contribution in [-0.4, -0.2) is 89.7 Å². The summed E-state index contributed by atoms with van der Waals surface area (Å²) >= 11 is 11.9. The van der Waals surface area contributed by atoms with Crippen molar-refractivity contribution in [3.05, 3.63) is 17.4 Å². The second kappa shape index (κ2) is 10.3. The summed E-state index contributed by atoms with van der Waals surface area (Å²) in [5, 5.41) is -0.224. The van der Waals surface area contributed by atoms with E-state index in [0.29, 0.717) is 56.7 Å². The van der Waals surface area contributed by atoms with Crippen LogP contribution < -0.4 is 15.8 Å². The number of alkyl halides is 1. The number of amides is 2. The maximum atomic E-state index is 12.7. The zero-order chi connectivity index (χ0) is 21.8. The van der Waals surface area contributed by atoms with Crippen LogP contribution in [0.2, 0.25) is 5.02 Å². The standard InChI is InChI=1S/C19H26Cl2N6O4/c20-12-8-22-19(23-9-12)27-5-3-26(4-6-27)16(28)7-13-1-2-14(31-13)11-30-15-10-24-25-18(29)17(15)21/h8-9,13-15,17,24H,1-7,10-11H2,(H,25,29)/t13-,14+,15?,17?/m1/s1. The van der Waals surface area contributed by atoms with Gasteiger partial charge in [-0.1, -0.05) is 11.6 Å². The lowest BCUT2D eigenvalue weighted by molar-refractivity contribution is -0.136. The van der Waals surface area contributed by atoms with Gasteiger partial charge in [0.2, 0.25) is 11.9 Å². The number of halogens is 2. The molecule has 2 N–H and O–H groups in total. The van der Waals surface area contributed by atoms with Crippen molar-refractivity contribution in [1.29, 1.82) is 0 Å². The molecule has 4 rings (SSSR count).